The van der Waals surface area contributed by atoms with Crippen molar-refractivity contribution in [2.45, 2.75) is 6.54 Å². The van der Waals surface area contributed by atoms with E-state index < -0.39 is 0 Å². The Bertz CT molecular complexity index is 1030. The molecule has 25 heavy (non-hydrogen) atoms. The largest absolute Gasteiger partial charge is 0.326 e. The van der Waals surface area contributed by atoms with E-state index in [0.717, 1.165) is 27.6 Å². The molecule has 4 aromatic rings. The lowest BCUT2D eigenvalue weighted by Crippen LogP contribution is -2.10. The summed E-state index contributed by atoms with van der Waals surface area (Å²) in [6.07, 6.45) is 1.85. The number of hydrogen-bond acceptors (Lipinski definition) is 2. The molecule has 0 radical (unpaired) electrons. The third-order valence-electron chi connectivity index (χ3n) is 4.47. The van der Waals surface area contributed by atoms with Gasteiger partial charge in [-0.3, -0.25) is 9.36 Å². The first-order chi connectivity index (χ1) is 12.3. The summed E-state index contributed by atoms with van der Waals surface area (Å²) in [5.41, 5.74) is 10.6. The minimum atomic E-state index is -0.0458. The molecule has 3 nitrogen and oxygen atoms in total. The lowest BCUT2D eigenvalue weighted by atomic mass is 10.0. The monoisotopic (exact) mass is 326 g/mol. The molecule has 0 atom stereocenters. The predicted octanol–water partition coefficient (Wildman–Crippen LogP) is 4.46. The molecule has 3 aromatic carbocycles. The second kappa shape index (κ2) is 6.38. The lowest BCUT2D eigenvalue weighted by Gasteiger charge is -2.06. The van der Waals surface area contributed by atoms with Gasteiger partial charge in [-0.2, -0.15) is 0 Å². The molecule has 0 aliphatic rings. The molecular formula is C22H18N2O. The molecule has 0 saturated heterocycles. The molecule has 1 heterocycles. The molecule has 1 aromatic heterocycles. The zero-order chi connectivity index (χ0) is 17.2. The van der Waals surface area contributed by atoms with Crippen LogP contribution in [0.2, 0.25) is 0 Å². The maximum atomic E-state index is 13.0. The standard InChI is InChI=1S/C22H18N2O/c23-14-19-15-24(21-9-5-4-8-20(19)21)22(25)18-12-10-17(11-13-18)16-6-2-1-3-7-16/h1-13,15H,14,23H2. The summed E-state index contributed by atoms with van der Waals surface area (Å²) < 4.78 is 1.69. The highest BCUT2D eigenvalue weighted by atomic mass is 16.2. The van der Waals surface area contributed by atoms with Crippen molar-refractivity contribution in [3.63, 3.8) is 0 Å². The average Bonchev–Trinajstić information content (AvgIpc) is 3.07. The summed E-state index contributed by atoms with van der Waals surface area (Å²) in [6, 6.07) is 25.7. The van der Waals surface area contributed by atoms with Gasteiger partial charge in [0.2, 0.25) is 0 Å². The molecule has 122 valence electrons. The maximum absolute atomic E-state index is 13.0. The number of fused-ring (bicyclic) bond motifs is 1. The molecule has 4 rings (SSSR count). The Morgan fingerprint density at radius 3 is 2.16 bits per heavy atom. The van der Waals surface area contributed by atoms with Crippen LogP contribution in [0.25, 0.3) is 22.0 Å². The van der Waals surface area contributed by atoms with Gasteiger partial charge in [0.25, 0.3) is 5.91 Å². The lowest BCUT2D eigenvalue weighted by molar-refractivity contribution is 0.0965. The highest BCUT2D eigenvalue weighted by Gasteiger charge is 2.14. The first kappa shape index (κ1) is 15.4. The Labute approximate surface area is 146 Å². The molecule has 0 aliphatic heterocycles. The quantitative estimate of drug-likeness (QED) is 0.604. The van der Waals surface area contributed by atoms with E-state index in [4.69, 9.17) is 5.73 Å². The summed E-state index contributed by atoms with van der Waals surface area (Å²) >= 11 is 0. The van der Waals surface area contributed by atoms with Crippen LogP contribution in [0, 0.1) is 0 Å². The van der Waals surface area contributed by atoms with Gasteiger partial charge < -0.3 is 5.73 Å². The Morgan fingerprint density at radius 1 is 0.800 bits per heavy atom. The Hall–Kier alpha value is -3.17. The van der Waals surface area contributed by atoms with Gasteiger partial charge in [-0.1, -0.05) is 60.7 Å². The number of hydrogen-bond donors (Lipinski definition) is 1. The number of rotatable bonds is 3. The van der Waals surface area contributed by atoms with Crippen molar-refractivity contribution in [2.24, 2.45) is 5.73 Å². The number of para-hydroxylation sites is 1. The molecule has 0 aliphatic carbocycles. The number of aromatic nitrogens is 1. The second-order valence-electron chi connectivity index (χ2n) is 5.99. The highest BCUT2D eigenvalue weighted by molar-refractivity contribution is 6.03. The van der Waals surface area contributed by atoms with E-state index in [2.05, 4.69) is 12.1 Å². The predicted molar refractivity (Wildman–Crippen MR) is 101 cm³/mol. The second-order valence-corrected chi connectivity index (χ2v) is 5.99. The van der Waals surface area contributed by atoms with Gasteiger partial charge in [-0.05, 0) is 34.9 Å². The third kappa shape index (κ3) is 2.75. The number of nitrogens with two attached hydrogens (primary N) is 1. The van der Waals surface area contributed by atoms with Gasteiger partial charge in [0.15, 0.2) is 0 Å². The summed E-state index contributed by atoms with van der Waals surface area (Å²) in [6.45, 7) is 0.410. The van der Waals surface area contributed by atoms with Gasteiger partial charge in [0.1, 0.15) is 0 Å². The van der Waals surface area contributed by atoms with Crippen molar-refractivity contribution in [1.82, 2.24) is 4.57 Å². The average molecular weight is 326 g/mol. The van der Waals surface area contributed by atoms with Gasteiger partial charge in [0.05, 0.1) is 5.52 Å². The molecule has 2 N–H and O–H groups in total. The van der Waals surface area contributed by atoms with E-state index in [9.17, 15) is 4.79 Å². The first-order valence-corrected chi connectivity index (χ1v) is 8.27. The first-order valence-electron chi connectivity index (χ1n) is 8.27. The van der Waals surface area contributed by atoms with E-state index in [-0.39, 0.29) is 5.91 Å². The van der Waals surface area contributed by atoms with E-state index in [0.29, 0.717) is 12.1 Å². The third-order valence-corrected chi connectivity index (χ3v) is 4.47. The topological polar surface area (TPSA) is 48.0 Å². The van der Waals surface area contributed by atoms with Crippen LogP contribution in [0.3, 0.4) is 0 Å². The zero-order valence-corrected chi connectivity index (χ0v) is 13.7. The van der Waals surface area contributed by atoms with Crippen LogP contribution < -0.4 is 5.73 Å². The van der Waals surface area contributed by atoms with Gasteiger partial charge in [-0.15, -0.1) is 0 Å². The van der Waals surface area contributed by atoms with Gasteiger partial charge >= 0.3 is 0 Å². The minimum Gasteiger partial charge on any atom is -0.326 e. The van der Waals surface area contributed by atoms with Crippen molar-refractivity contribution in [2.75, 3.05) is 0 Å². The maximum Gasteiger partial charge on any atom is 0.262 e. The number of benzene rings is 3. The van der Waals surface area contributed by atoms with Crippen LogP contribution in [-0.2, 0) is 6.54 Å². The normalized spacial score (nSPS) is 10.9. The number of carbonyl (C=O) groups excluding carboxylic acids is 1. The van der Waals surface area contributed by atoms with Crippen LogP contribution in [0.5, 0.6) is 0 Å². The Kier molecular flexibility index (Phi) is 3.92. The Morgan fingerprint density at radius 2 is 1.44 bits per heavy atom. The summed E-state index contributed by atoms with van der Waals surface area (Å²) in [7, 11) is 0. The zero-order valence-electron chi connectivity index (χ0n) is 13.7. The molecule has 0 bridgehead atoms. The summed E-state index contributed by atoms with van der Waals surface area (Å²) in [4.78, 5) is 13.0. The SMILES string of the molecule is NCc1cn(C(=O)c2ccc(-c3ccccc3)cc2)c2ccccc12. The van der Waals surface area contributed by atoms with Crippen LogP contribution in [-0.4, -0.2) is 10.5 Å². The van der Waals surface area contributed by atoms with Crippen LogP contribution in [0.1, 0.15) is 15.9 Å². The molecule has 0 spiro atoms. The van der Waals surface area contributed by atoms with Crippen molar-refractivity contribution >= 4 is 16.8 Å². The molecular weight excluding hydrogens is 308 g/mol. The minimum absolute atomic E-state index is 0.0458. The fourth-order valence-electron chi connectivity index (χ4n) is 3.16. The molecule has 3 heteroatoms. The van der Waals surface area contributed by atoms with Gasteiger partial charge in [-0.25, -0.2) is 0 Å². The molecule has 0 amide bonds. The number of carbonyl (C=O) groups is 1. The smallest absolute Gasteiger partial charge is 0.262 e. The fourth-order valence-corrected chi connectivity index (χ4v) is 3.16. The fraction of sp³-hybridized carbons (Fsp3) is 0.0455. The van der Waals surface area contributed by atoms with Crippen molar-refractivity contribution < 1.29 is 4.79 Å². The molecule has 0 saturated carbocycles. The summed E-state index contributed by atoms with van der Waals surface area (Å²) in [5.74, 6) is -0.0458. The van der Waals surface area contributed by atoms with Crippen LogP contribution in [0.15, 0.2) is 85.1 Å². The van der Waals surface area contributed by atoms with Crippen molar-refractivity contribution in [3.8, 4) is 11.1 Å². The summed E-state index contributed by atoms with van der Waals surface area (Å²) in [5, 5.41) is 1.03. The van der Waals surface area contributed by atoms with Crippen LogP contribution >= 0.6 is 0 Å². The van der Waals surface area contributed by atoms with Crippen molar-refractivity contribution in [3.05, 3.63) is 96.2 Å². The van der Waals surface area contributed by atoms with Crippen molar-refractivity contribution in [1.29, 1.82) is 0 Å². The molecule has 0 fully saturated rings. The molecule has 0 unspecified atom stereocenters. The number of nitrogens with zero attached hydrogens (tertiary/aromatic N) is 1. The Balaban J connectivity index is 1.72. The van der Waals surface area contributed by atoms with E-state index >= 15 is 0 Å². The van der Waals surface area contributed by atoms with E-state index in [1.807, 2.05) is 72.9 Å². The van der Waals surface area contributed by atoms with E-state index in [1.54, 1.807) is 4.57 Å². The highest BCUT2D eigenvalue weighted by Crippen LogP contribution is 2.23. The van der Waals surface area contributed by atoms with E-state index in [1.165, 1.54) is 0 Å². The van der Waals surface area contributed by atoms with Crippen LogP contribution in [0.4, 0.5) is 0 Å². The van der Waals surface area contributed by atoms with Gasteiger partial charge in [0, 0.05) is 23.7 Å².